The zero-order valence-corrected chi connectivity index (χ0v) is 8.09. The fourth-order valence-electron chi connectivity index (χ4n) is 0.645. The molecule has 0 spiro atoms. The van der Waals surface area contributed by atoms with Gasteiger partial charge in [-0.3, -0.25) is 4.79 Å². The van der Waals surface area contributed by atoms with Gasteiger partial charge in [-0.05, 0) is 12.8 Å². The van der Waals surface area contributed by atoms with Crippen molar-refractivity contribution >= 4 is 6.47 Å². The lowest BCUT2D eigenvalue weighted by Gasteiger charge is -1.95. The summed E-state index contributed by atoms with van der Waals surface area (Å²) in [5.41, 5.74) is 0. The van der Waals surface area contributed by atoms with Crippen LogP contribution in [0.4, 0.5) is 0 Å². The highest BCUT2D eigenvalue weighted by Crippen LogP contribution is 2.00. The summed E-state index contributed by atoms with van der Waals surface area (Å²) < 4.78 is 4.15. The number of hydrogen-bond acceptors (Lipinski definition) is 2. The number of carbonyl (C=O) groups excluding carboxylic acids is 1. The molecule has 0 saturated carbocycles. The van der Waals surface area contributed by atoms with Crippen LogP contribution in [0.1, 0.15) is 40.5 Å². The summed E-state index contributed by atoms with van der Waals surface area (Å²) in [4.78, 5) is 9.18. The topological polar surface area (TPSA) is 26.3 Å². The quantitative estimate of drug-likeness (QED) is 0.591. The fourth-order valence-corrected chi connectivity index (χ4v) is 0.645. The van der Waals surface area contributed by atoms with Gasteiger partial charge in [-0.1, -0.05) is 33.6 Å². The highest BCUT2D eigenvalue weighted by atomic mass is 16.5. The Balaban J connectivity index is 0. The molecule has 0 fully saturated rings. The van der Waals surface area contributed by atoms with Gasteiger partial charge in [0.2, 0.25) is 0 Å². The van der Waals surface area contributed by atoms with Crippen molar-refractivity contribution in [3.63, 3.8) is 0 Å². The molecule has 2 heteroatoms. The lowest BCUT2D eigenvalue weighted by Crippen LogP contribution is -1.81. The normalized spacial score (nSPS) is 8.45. The Bertz CT molecular complexity index is 70.0. The highest BCUT2D eigenvalue weighted by Gasteiger charge is 1.85. The van der Waals surface area contributed by atoms with Gasteiger partial charge in [0.25, 0.3) is 6.47 Å². The molecule has 0 aliphatic heterocycles. The Labute approximate surface area is 69.9 Å². The van der Waals surface area contributed by atoms with E-state index in [9.17, 15) is 4.79 Å². The van der Waals surface area contributed by atoms with E-state index in [-0.39, 0.29) is 0 Å². The summed E-state index contributed by atoms with van der Waals surface area (Å²) in [6, 6.07) is 0. The molecule has 0 radical (unpaired) electrons. The Hall–Kier alpha value is -0.530. The first kappa shape index (κ1) is 13.1. The molecule has 0 rings (SSSR count). The van der Waals surface area contributed by atoms with Gasteiger partial charge in [0.15, 0.2) is 0 Å². The van der Waals surface area contributed by atoms with Crippen LogP contribution in [-0.2, 0) is 9.53 Å². The van der Waals surface area contributed by atoms with Crippen molar-refractivity contribution in [1.82, 2.24) is 0 Å². The van der Waals surface area contributed by atoms with Gasteiger partial charge in [-0.2, -0.15) is 0 Å². The van der Waals surface area contributed by atoms with Gasteiger partial charge in [0, 0.05) is 0 Å². The molecule has 0 aliphatic carbocycles. The summed E-state index contributed by atoms with van der Waals surface area (Å²) >= 11 is 0. The summed E-state index contributed by atoms with van der Waals surface area (Å²) in [5.74, 6) is 0.898. The van der Waals surface area contributed by atoms with Gasteiger partial charge in [0.1, 0.15) is 0 Å². The van der Waals surface area contributed by atoms with E-state index < -0.39 is 0 Å². The lowest BCUT2D eigenvalue weighted by molar-refractivity contribution is -0.128. The van der Waals surface area contributed by atoms with E-state index in [1.807, 2.05) is 0 Å². The second-order valence-electron chi connectivity index (χ2n) is 2.73. The van der Waals surface area contributed by atoms with E-state index in [0.29, 0.717) is 13.1 Å². The first-order valence-electron chi connectivity index (χ1n) is 4.24. The largest absolute Gasteiger partial charge is 0.468 e. The zero-order valence-electron chi connectivity index (χ0n) is 8.09. The van der Waals surface area contributed by atoms with Crippen molar-refractivity contribution in [2.24, 2.45) is 5.92 Å². The average molecular weight is 160 g/mol. The van der Waals surface area contributed by atoms with Crippen molar-refractivity contribution in [2.45, 2.75) is 40.5 Å². The second kappa shape index (κ2) is 12.2. The van der Waals surface area contributed by atoms with Gasteiger partial charge < -0.3 is 4.74 Å². The van der Waals surface area contributed by atoms with Crippen LogP contribution in [-0.4, -0.2) is 13.1 Å². The first-order chi connectivity index (χ1) is 5.18. The molecule has 0 heterocycles. The Morgan fingerprint density at radius 1 is 1.36 bits per heavy atom. The van der Waals surface area contributed by atoms with Crippen LogP contribution in [0.3, 0.4) is 0 Å². The zero-order chi connectivity index (χ0) is 9.11. The highest BCUT2D eigenvalue weighted by molar-refractivity contribution is 5.36. The van der Waals surface area contributed by atoms with Gasteiger partial charge in [-0.15, -0.1) is 0 Å². The molecule has 0 saturated heterocycles. The maximum absolute atomic E-state index is 9.18. The molecule has 0 aromatic carbocycles. The molecule has 0 N–H and O–H groups in total. The monoisotopic (exact) mass is 160 g/mol. The molecule has 68 valence electrons. The molecule has 0 aliphatic rings. The molecule has 0 aromatic rings. The lowest BCUT2D eigenvalue weighted by atomic mass is 10.1. The molecular weight excluding hydrogens is 140 g/mol. The Morgan fingerprint density at radius 2 is 1.91 bits per heavy atom. The predicted octanol–water partition coefficient (Wildman–Crippen LogP) is 2.62. The van der Waals surface area contributed by atoms with E-state index in [0.717, 1.165) is 5.92 Å². The molecular formula is C9H20O2. The molecule has 0 bridgehead atoms. The Morgan fingerprint density at radius 3 is 1.91 bits per heavy atom. The number of rotatable bonds is 4. The standard InChI is InChI=1S/C6H14.C3H6O2/c1-4-5-6(2)3;1-2-5-3-4/h6H,4-5H2,1-3H3;3H,2H2,1H3. The summed E-state index contributed by atoms with van der Waals surface area (Å²) in [6.07, 6.45) is 2.71. The third kappa shape index (κ3) is 26.4. The summed E-state index contributed by atoms with van der Waals surface area (Å²) in [5, 5.41) is 0. The van der Waals surface area contributed by atoms with Crippen LogP contribution < -0.4 is 0 Å². The summed E-state index contributed by atoms with van der Waals surface area (Å²) in [7, 11) is 0. The Kier molecular flexibility index (Phi) is 14.5. The van der Waals surface area contributed by atoms with Crippen LogP contribution in [0.2, 0.25) is 0 Å². The maximum Gasteiger partial charge on any atom is 0.293 e. The van der Waals surface area contributed by atoms with E-state index >= 15 is 0 Å². The van der Waals surface area contributed by atoms with Crippen molar-refractivity contribution < 1.29 is 9.53 Å². The van der Waals surface area contributed by atoms with Gasteiger partial charge in [-0.25, -0.2) is 0 Å². The minimum absolute atomic E-state index is 0.431. The van der Waals surface area contributed by atoms with Gasteiger partial charge >= 0.3 is 0 Å². The smallest absolute Gasteiger partial charge is 0.293 e. The van der Waals surface area contributed by atoms with Crippen LogP contribution >= 0.6 is 0 Å². The SMILES string of the molecule is CCCC(C)C.CCOC=O. The van der Waals surface area contributed by atoms with Crippen molar-refractivity contribution in [1.29, 1.82) is 0 Å². The van der Waals surface area contributed by atoms with Crippen LogP contribution in [0.15, 0.2) is 0 Å². The summed E-state index contributed by atoms with van der Waals surface area (Å²) in [6.45, 7) is 9.39. The molecule has 0 amide bonds. The average Bonchev–Trinajstić information content (AvgIpc) is 1.90. The number of ether oxygens (including phenoxy) is 1. The molecule has 0 aromatic heterocycles. The van der Waals surface area contributed by atoms with E-state index in [2.05, 4.69) is 25.5 Å². The molecule has 11 heavy (non-hydrogen) atoms. The van der Waals surface area contributed by atoms with E-state index in [1.54, 1.807) is 6.92 Å². The minimum Gasteiger partial charge on any atom is -0.468 e. The van der Waals surface area contributed by atoms with Crippen LogP contribution in [0, 0.1) is 5.92 Å². The number of hydrogen-bond donors (Lipinski definition) is 0. The van der Waals surface area contributed by atoms with E-state index in [1.165, 1.54) is 12.8 Å². The molecule has 0 unspecified atom stereocenters. The first-order valence-corrected chi connectivity index (χ1v) is 4.24. The predicted molar refractivity (Wildman–Crippen MR) is 47.4 cm³/mol. The molecule has 0 atom stereocenters. The second-order valence-corrected chi connectivity index (χ2v) is 2.73. The third-order valence-electron chi connectivity index (χ3n) is 1.10. The van der Waals surface area contributed by atoms with Crippen LogP contribution in [0.25, 0.3) is 0 Å². The van der Waals surface area contributed by atoms with Crippen molar-refractivity contribution in [3.05, 3.63) is 0 Å². The number of carbonyl (C=O) groups is 1. The van der Waals surface area contributed by atoms with Crippen LogP contribution in [0.5, 0.6) is 0 Å². The van der Waals surface area contributed by atoms with Crippen molar-refractivity contribution in [2.75, 3.05) is 6.61 Å². The van der Waals surface area contributed by atoms with Gasteiger partial charge in [0.05, 0.1) is 6.61 Å². The van der Waals surface area contributed by atoms with Crippen molar-refractivity contribution in [3.8, 4) is 0 Å². The third-order valence-corrected chi connectivity index (χ3v) is 1.10. The van der Waals surface area contributed by atoms with E-state index in [4.69, 9.17) is 0 Å². The fraction of sp³-hybridized carbons (Fsp3) is 0.889. The minimum atomic E-state index is 0.431. The maximum atomic E-state index is 9.18. The molecule has 2 nitrogen and oxygen atoms in total.